The van der Waals surface area contributed by atoms with Crippen LogP contribution in [0.25, 0.3) is 0 Å². The summed E-state index contributed by atoms with van der Waals surface area (Å²) < 4.78 is 0.785. The summed E-state index contributed by atoms with van der Waals surface area (Å²) in [4.78, 5) is 4.29. The summed E-state index contributed by atoms with van der Waals surface area (Å²) in [5.41, 5.74) is 2.34. The standard InChI is InChI=1S/C11H8BrN3S/c1-7-6-16-11(14-7)15-10-4-2-3-9(12)8(10)5-13/h2-4,6H,1H3,(H,14,15). The Bertz CT molecular complexity index is 557. The average molecular weight is 294 g/mol. The summed E-state index contributed by atoms with van der Waals surface area (Å²) in [5, 5.41) is 14.9. The van der Waals surface area contributed by atoms with Crippen LogP contribution >= 0.6 is 27.3 Å². The van der Waals surface area contributed by atoms with Crippen LogP contribution in [0.1, 0.15) is 11.3 Å². The van der Waals surface area contributed by atoms with Crippen LogP contribution in [0.3, 0.4) is 0 Å². The minimum absolute atomic E-state index is 0.593. The van der Waals surface area contributed by atoms with Gasteiger partial charge in [-0.05, 0) is 35.0 Å². The van der Waals surface area contributed by atoms with Gasteiger partial charge in [0.1, 0.15) is 6.07 Å². The lowest BCUT2D eigenvalue weighted by Gasteiger charge is -2.05. The van der Waals surface area contributed by atoms with Crippen molar-refractivity contribution in [3.63, 3.8) is 0 Å². The number of halogens is 1. The Balaban J connectivity index is 2.35. The second kappa shape index (κ2) is 4.64. The largest absolute Gasteiger partial charge is 0.330 e. The number of nitrogens with one attached hydrogen (secondary N) is 1. The van der Waals surface area contributed by atoms with Crippen LogP contribution in [-0.2, 0) is 0 Å². The van der Waals surface area contributed by atoms with Gasteiger partial charge in [0, 0.05) is 9.85 Å². The monoisotopic (exact) mass is 293 g/mol. The normalized spacial score (nSPS) is 9.81. The number of thiazole rings is 1. The van der Waals surface area contributed by atoms with Crippen molar-refractivity contribution in [3.05, 3.63) is 39.3 Å². The number of hydrogen-bond donors (Lipinski definition) is 1. The van der Waals surface area contributed by atoms with Crippen molar-refractivity contribution in [2.75, 3.05) is 5.32 Å². The first kappa shape index (κ1) is 11.1. The third-order valence-electron chi connectivity index (χ3n) is 1.99. The summed E-state index contributed by atoms with van der Waals surface area (Å²) in [6, 6.07) is 7.75. The Labute approximate surface area is 106 Å². The zero-order valence-corrected chi connectivity index (χ0v) is 10.9. The SMILES string of the molecule is Cc1csc(Nc2cccc(Br)c2C#N)n1. The predicted octanol–water partition coefficient (Wildman–Crippen LogP) is 3.83. The first-order valence-corrected chi connectivity index (χ1v) is 6.25. The van der Waals surface area contributed by atoms with Gasteiger partial charge in [-0.15, -0.1) is 11.3 Å². The van der Waals surface area contributed by atoms with Crippen molar-refractivity contribution in [2.45, 2.75) is 6.92 Å². The molecule has 0 radical (unpaired) electrons. The van der Waals surface area contributed by atoms with Crippen LogP contribution in [0, 0.1) is 18.3 Å². The van der Waals surface area contributed by atoms with E-state index in [0.717, 1.165) is 21.0 Å². The maximum atomic E-state index is 9.05. The highest BCUT2D eigenvalue weighted by Gasteiger charge is 2.07. The Hall–Kier alpha value is -1.38. The maximum absolute atomic E-state index is 9.05. The summed E-state index contributed by atoms with van der Waals surface area (Å²) in [7, 11) is 0. The highest BCUT2D eigenvalue weighted by Crippen LogP contribution is 2.27. The quantitative estimate of drug-likeness (QED) is 0.915. The molecule has 0 aliphatic rings. The molecule has 0 saturated heterocycles. The molecule has 5 heteroatoms. The molecule has 1 aromatic heterocycles. The van der Waals surface area contributed by atoms with Crippen LogP contribution in [-0.4, -0.2) is 4.98 Å². The molecule has 0 fully saturated rings. The van der Waals surface area contributed by atoms with Crippen LogP contribution in [0.4, 0.5) is 10.8 Å². The Kier molecular flexibility index (Phi) is 3.22. The first-order chi connectivity index (χ1) is 7.70. The number of benzene rings is 1. The summed E-state index contributed by atoms with van der Waals surface area (Å²) in [6.07, 6.45) is 0. The predicted molar refractivity (Wildman–Crippen MR) is 69.0 cm³/mol. The van der Waals surface area contributed by atoms with Crippen molar-refractivity contribution < 1.29 is 0 Å². The number of anilines is 2. The molecule has 2 rings (SSSR count). The molecular weight excluding hydrogens is 286 g/mol. The summed E-state index contributed by atoms with van der Waals surface area (Å²) >= 11 is 4.87. The lowest BCUT2D eigenvalue weighted by atomic mass is 10.2. The molecule has 80 valence electrons. The van der Waals surface area contributed by atoms with E-state index in [-0.39, 0.29) is 0 Å². The van der Waals surface area contributed by atoms with Gasteiger partial charge in [0.25, 0.3) is 0 Å². The molecule has 3 nitrogen and oxygen atoms in total. The van der Waals surface area contributed by atoms with E-state index in [1.807, 2.05) is 30.5 Å². The highest BCUT2D eigenvalue weighted by atomic mass is 79.9. The second-order valence-corrected chi connectivity index (χ2v) is 4.91. The number of nitrogens with zero attached hydrogens (tertiary/aromatic N) is 2. The Morgan fingerprint density at radius 1 is 1.50 bits per heavy atom. The topological polar surface area (TPSA) is 48.7 Å². The minimum atomic E-state index is 0.593. The molecule has 0 unspecified atom stereocenters. The van der Waals surface area contributed by atoms with Gasteiger partial charge in [0.15, 0.2) is 5.13 Å². The summed E-state index contributed by atoms with van der Waals surface area (Å²) in [6.45, 7) is 1.94. The number of rotatable bonds is 2. The van der Waals surface area contributed by atoms with Crippen LogP contribution in [0.5, 0.6) is 0 Å². The van der Waals surface area contributed by atoms with Crippen LogP contribution in [0.15, 0.2) is 28.1 Å². The number of hydrogen-bond acceptors (Lipinski definition) is 4. The molecule has 0 bridgehead atoms. The molecule has 0 aliphatic carbocycles. The number of aryl methyl sites for hydroxylation is 1. The van der Waals surface area contributed by atoms with E-state index < -0.39 is 0 Å². The van der Waals surface area contributed by atoms with E-state index in [0.29, 0.717) is 5.56 Å². The molecule has 0 aliphatic heterocycles. The van der Waals surface area contributed by atoms with Crippen molar-refractivity contribution in [1.82, 2.24) is 4.98 Å². The van der Waals surface area contributed by atoms with Crippen molar-refractivity contribution >= 4 is 38.1 Å². The zero-order chi connectivity index (χ0) is 11.5. The molecule has 0 saturated carbocycles. The van der Waals surface area contributed by atoms with E-state index in [4.69, 9.17) is 5.26 Å². The number of aromatic nitrogens is 1. The lowest BCUT2D eigenvalue weighted by Crippen LogP contribution is -1.93. The molecule has 16 heavy (non-hydrogen) atoms. The second-order valence-electron chi connectivity index (χ2n) is 3.19. The minimum Gasteiger partial charge on any atom is -0.330 e. The van der Waals surface area contributed by atoms with Gasteiger partial charge < -0.3 is 5.32 Å². The molecule has 2 aromatic rings. The van der Waals surface area contributed by atoms with Gasteiger partial charge in [0.05, 0.1) is 16.9 Å². The Morgan fingerprint density at radius 3 is 2.94 bits per heavy atom. The Morgan fingerprint density at radius 2 is 2.31 bits per heavy atom. The van der Waals surface area contributed by atoms with Crippen molar-refractivity contribution in [3.8, 4) is 6.07 Å². The van der Waals surface area contributed by atoms with E-state index in [9.17, 15) is 0 Å². The molecule has 1 N–H and O–H groups in total. The molecule has 0 amide bonds. The van der Waals surface area contributed by atoms with E-state index in [2.05, 4.69) is 32.3 Å². The lowest BCUT2D eigenvalue weighted by molar-refractivity contribution is 1.26. The highest BCUT2D eigenvalue weighted by molar-refractivity contribution is 9.10. The fourth-order valence-corrected chi connectivity index (χ4v) is 2.42. The summed E-state index contributed by atoms with van der Waals surface area (Å²) in [5.74, 6) is 0. The van der Waals surface area contributed by atoms with Crippen molar-refractivity contribution in [2.24, 2.45) is 0 Å². The first-order valence-electron chi connectivity index (χ1n) is 4.58. The van der Waals surface area contributed by atoms with Gasteiger partial charge in [-0.3, -0.25) is 0 Å². The van der Waals surface area contributed by atoms with Gasteiger partial charge in [-0.2, -0.15) is 5.26 Å². The molecular formula is C11H8BrN3S. The van der Waals surface area contributed by atoms with Crippen LogP contribution < -0.4 is 5.32 Å². The van der Waals surface area contributed by atoms with Gasteiger partial charge >= 0.3 is 0 Å². The zero-order valence-electron chi connectivity index (χ0n) is 8.49. The number of nitriles is 1. The maximum Gasteiger partial charge on any atom is 0.187 e. The van der Waals surface area contributed by atoms with E-state index >= 15 is 0 Å². The van der Waals surface area contributed by atoms with E-state index in [1.54, 1.807) is 0 Å². The molecule has 0 atom stereocenters. The fourth-order valence-electron chi connectivity index (χ4n) is 1.27. The van der Waals surface area contributed by atoms with Gasteiger partial charge in [-0.1, -0.05) is 6.07 Å². The molecule has 0 spiro atoms. The van der Waals surface area contributed by atoms with Crippen LogP contribution in [0.2, 0.25) is 0 Å². The molecule has 1 aromatic carbocycles. The smallest absolute Gasteiger partial charge is 0.187 e. The van der Waals surface area contributed by atoms with E-state index in [1.165, 1.54) is 11.3 Å². The van der Waals surface area contributed by atoms with Gasteiger partial charge in [0.2, 0.25) is 0 Å². The third kappa shape index (κ3) is 2.23. The molecule has 1 heterocycles. The fraction of sp³-hybridized carbons (Fsp3) is 0.0909. The van der Waals surface area contributed by atoms with Crippen molar-refractivity contribution in [1.29, 1.82) is 5.26 Å². The third-order valence-corrected chi connectivity index (χ3v) is 3.52. The average Bonchev–Trinajstić information content (AvgIpc) is 2.64. The van der Waals surface area contributed by atoms with Gasteiger partial charge in [-0.25, -0.2) is 4.98 Å².